The summed E-state index contributed by atoms with van der Waals surface area (Å²) < 4.78 is 0. The minimum absolute atomic E-state index is 0.582. The normalized spacial score (nSPS) is 12.9. The Morgan fingerprint density at radius 3 is 2.67 bits per heavy atom. The lowest BCUT2D eigenvalue weighted by Gasteiger charge is -2.04. The first kappa shape index (κ1) is 11.4. The van der Waals surface area contributed by atoms with Crippen LogP contribution in [0.1, 0.15) is 25.3 Å². The molecule has 80 valence electrons. The fourth-order valence-corrected chi connectivity index (χ4v) is 1.25. The maximum absolute atomic E-state index is 10.8. The van der Waals surface area contributed by atoms with E-state index in [1.165, 1.54) is 0 Å². The third kappa shape index (κ3) is 3.94. The van der Waals surface area contributed by atoms with E-state index >= 15 is 0 Å². The molecular formula is C12H15NO2. The Labute approximate surface area is 89.5 Å². The van der Waals surface area contributed by atoms with E-state index in [1.807, 2.05) is 37.3 Å². The van der Waals surface area contributed by atoms with Crippen molar-refractivity contribution in [1.29, 1.82) is 0 Å². The summed E-state index contributed by atoms with van der Waals surface area (Å²) in [5.41, 5.74) is 0.930. The first-order valence-corrected chi connectivity index (χ1v) is 5.05. The van der Waals surface area contributed by atoms with E-state index in [0.717, 1.165) is 12.0 Å². The zero-order valence-corrected chi connectivity index (χ0v) is 8.76. The molecule has 1 aromatic rings. The fourth-order valence-electron chi connectivity index (χ4n) is 1.25. The van der Waals surface area contributed by atoms with Crippen molar-refractivity contribution in [2.45, 2.75) is 25.8 Å². The van der Waals surface area contributed by atoms with Gasteiger partial charge in [0.2, 0.25) is 0 Å². The monoisotopic (exact) mass is 205 g/mol. The third-order valence-corrected chi connectivity index (χ3v) is 2.05. The lowest BCUT2D eigenvalue weighted by Crippen LogP contribution is -2.17. The third-order valence-electron chi connectivity index (χ3n) is 2.05. The molecule has 0 fully saturated rings. The van der Waals surface area contributed by atoms with E-state index < -0.39 is 12.0 Å². The van der Waals surface area contributed by atoms with Crippen molar-refractivity contribution in [2.24, 2.45) is 4.99 Å². The van der Waals surface area contributed by atoms with E-state index in [4.69, 9.17) is 5.11 Å². The Morgan fingerprint density at radius 2 is 2.13 bits per heavy atom. The molecule has 0 unspecified atom stereocenters. The van der Waals surface area contributed by atoms with Crippen molar-refractivity contribution in [1.82, 2.24) is 0 Å². The van der Waals surface area contributed by atoms with Crippen LogP contribution in [0.4, 0.5) is 0 Å². The van der Waals surface area contributed by atoms with Crippen molar-refractivity contribution >= 4 is 12.2 Å². The minimum atomic E-state index is -0.857. The molecule has 3 nitrogen and oxygen atoms in total. The van der Waals surface area contributed by atoms with Crippen molar-refractivity contribution in [3.63, 3.8) is 0 Å². The molecule has 3 heteroatoms. The van der Waals surface area contributed by atoms with Gasteiger partial charge in [0.1, 0.15) is 6.04 Å². The maximum atomic E-state index is 10.8. The second-order valence-electron chi connectivity index (χ2n) is 3.33. The molecule has 1 rings (SSSR count). The highest BCUT2D eigenvalue weighted by Crippen LogP contribution is 2.03. The van der Waals surface area contributed by atoms with Gasteiger partial charge >= 0.3 is 5.97 Å². The molecule has 15 heavy (non-hydrogen) atoms. The number of hydrogen-bond donors (Lipinski definition) is 1. The molecule has 0 bridgehead atoms. The summed E-state index contributed by atoms with van der Waals surface area (Å²) in [5.74, 6) is -0.857. The van der Waals surface area contributed by atoms with Crippen LogP contribution in [0, 0.1) is 0 Å². The van der Waals surface area contributed by atoms with Crippen LogP contribution in [-0.4, -0.2) is 23.3 Å². The van der Waals surface area contributed by atoms with Gasteiger partial charge in [-0.2, -0.15) is 0 Å². The number of carboxylic acids is 1. The number of nitrogens with zero attached hydrogens (tertiary/aromatic N) is 1. The van der Waals surface area contributed by atoms with Gasteiger partial charge in [0, 0.05) is 6.21 Å². The lowest BCUT2D eigenvalue weighted by atomic mass is 10.2. The van der Waals surface area contributed by atoms with Crippen LogP contribution in [0.25, 0.3) is 0 Å². The number of hydrogen-bond acceptors (Lipinski definition) is 2. The zero-order chi connectivity index (χ0) is 11.1. The van der Waals surface area contributed by atoms with E-state index in [0.29, 0.717) is 6.42 Å². The summed E-state index contributed by atoms with van der Waals surface area (Å²) in [6.07, 6.45) is 3.02. The molecular weight excluding hydrogens is 190 g/mol. The van der Waals surface area contributed by atoms with Crippen LogP contribution in [0.2, 0.25) is 0 Å². The molecule has 0 aliphatic rings. The number of carboxylic acid groups (broad SMARTS) is 1. The zero-order valence-electron chi connectivity index (χ0n) is 8.76. The van der Waals surface area contributed by atoms with Gasteiger partial charge in [0.05, 0.1) is 0 Å². The number of benzene rings is 1. The quantitative estimate of drug-likeness (QED) is 0.750. The molecule has 0 amide bonds. The maximum Gasteiger partial charge on any atom is 0.328 e. The van der Waals surface area contributed by atoms with Gasteiger partial charge in [-0.1, -0.05) is 43.7 Å². The summed E-state index contributed by atoms with van der Waals surface area (Å²) in [5, 5.41) is 8.87. The Hall–Kier alpha value is -1.64. The van der Waals surface area contributed by atoms with Gasteiger partial charge in [0.25, 0.3) is 0 Å². The van der Waals surface area contributed by atoms with E-state index in [-0.39, 0.29) is 0 Å². The highest BCUT2D eigenvalue weighted by Gasteiger charge is 2.12. The predicted octanol–water partition coefficient (Wildman–Crippen LogP) is 2.36. The molecule has 0 spiro atoms. The van der Waals surface area contributed by atoms with E-state index in [9.17, 15) is 4.79 Å². The highest BCUT2D eigenvalue weighted by atomic mass is 16.4. The Balaban J connectivity index is 2.65. The number of rotatable bonds is 5. The second-order valence-corrected chi connectivity index (χ2v) is 3.33. The molecule has 0 aliphatic heterocycles. The van der Waals surface area contributed by atoms with Gasteiger partial charge < -0.3 is 5.11 Å². The molecule has 0 saturated heterocycles. The summed E-state index contributed by atoms with van der Waals surface area (Å²) in [6.45, 7) is 1.95. The van der Waals surface area contributed by atoms with Crippen LogP contribution in [0.5, 0.6) is 0 Å². The van der Waals surface area contributed by atoms with E-state index in [2.05, 4.69) is 4.99 Å². The van der Waals surface area contributed by atoms with Crippen LogP contribution in [0.15, 0.2) is 35.3 Å². The molecule has 1 aromatic carbocycles. The summed E-state index contributed by atoms with van der Waals surface area (Å²) in [4.78, 5) is 14.9. The second kappa shape index (κ2) is 5.96. The predicted molar refractivity (Wildman–Crippen MR) is 60.4 cm³/mol. The Kier molecular flexibility index (Phi) is 4.54. The largest absolute Gasteiger partial charge is 0.480 e. The average Bonchev–Trinajstić information content (AvgIpc) is 2.25. The number of carbonyl (C=O) groups is 1. The number of aliphatic imine (C=N–C) groups is 1. The van der Waals surface area contributed by atoms with Crippen molar-refractivity contribution in [3.05, 3.63) is 35.9 Å². The van der Waals surface area contributed by atoms with Crippen LogP contribution in [0.3, 0.4) is 0 Å². The van der Waals surface area contributed by atoms with Gasteiger partial charge in [0.15, 0.2) is 0 Å². The van der Waals surface area contributed by atoms with Gasteiger partial charge in [-0.3, -0.25) is 4.99 Å². The molecule has 1 N–H and O–H groups in total. The molecule has 0 aliphatic carbocycles. The average molecular weight is 205 g/mol. The SMILES string of the molecule is CCC[C@H](N=Cc1ccccc1)C(=O)O. The highest BCUT2D eigenvalue weighted by molar-refractivity contribution is 5.83. The Bertz CT molecular complexity index is 333. The first-order chi connectivity index (χ1) is 7.24. The van der Waals surface area contributed by atoms with Crippen molar-refractivity contribution in [3.8, 4) is 0 Å². The standard InChI is InChI=1S/C12H15NO2/c1-2-6-11(12(14)15)13-9-10-7-4-3-5-8-10/h3-5,7-9,11H,2,6H2,1H3,(H,14,15)/t11-/m0/s1. The van der Waals surface area contributed by atoms with E-state index in [1.54, 1.807) is 6.21 Å². The first-order valence-electron chi connectivity index (χ1n) is 5.05. The summed E-state index contributed by atoms with van der Waals surface area (Å²) in [6, 6.07) is 8.89. The van der Waals surface area contributed by atoms with Crippen LogP contribution in [-0.2, 0) is 4.79 Å². The molecule has 0 heterocycles. The molecule has 0 aromatic heterocycles. The summed E-state index contributed by atoms with van der Waals surface area (Å²) >= 11 is 0. The topological polar surface area (TPSA) is 49.7 Å². The van der Waals surface area contributed by atoms with Crippen LogP contribution < -0.4 is 0 Å². The van der Waals surface area contributed by atoms with Gasteiger partial charge in [-0.25, -0.2) is 4.79 Å². The smallest absolute Gasteiger partial charge is 0.328 e. The van der Waals surface area contributed by atoms with Gasteiger partial charge in [-0.05, 0) is 12.0 Å². The minimum Gasteiger partial charge on any atom is -0.480 e. The van der Waals surface area contributed by atoms with Crippen molar-refractivity contribution in [2.75, 3.05) is 0 Å². The van der Waals surface area contributed by atoms with Crippen LogP contribution >= 0.6 is 0 Å². The van der Waals surface area contributed by atoms with Gasteiger partial charge in [-0.15, -0.1) is 0 Å². The molecule has 1 atom stereocenters. The molecule has 0 saturated carbocycles. The molecule has 0 radical (unpaired) electrons. The number of aliphatic carboxylic acids is 1. The van der Waals surface area contributed by atoms with Crippen molar-refractivity contribution < 1.29 is 9.90 Å². The fraction of sp³-hybridized carbons (Fsp3) is 0.333. The summed E-state index contributed by atoms with van der Waals surface area (Å²) in [7, 11) is 0. The Morgan fingerprint density at radius 1 is 1.47 bits per heavy atom. The lowest BCUT2D eigenvalue weighted by molar-refractivity contribution is -0.138.